The number of alkyl halides is 4. The van der Waals surface area contributed by atoms with E-state index in [-0.39, 0.29) is 5.19 Å². The highest BCUT2D eigenvalue weighted by Crippen LogP contribution is 2.35. The summed E-state index contributed by atoms with van der Waals surface area (Å²) >= 11 is 1.17. The molecule has 1 saturated heterocycles. The van der Waals surface area contributed by atoms with Gasteiger partial charge in [0.15, 0.2) is 6.61 Å². The SMILES string of the molecule is C=C1C(=N)C=CC=C1N1CCC(F)(CCN2CCc3sc(OCC(F)(F)F)nc3C2)CC1. The molecule has 3 aliphatic rings. The Morgan fingerprint density at radius 3 is 2.72 bits per heavy atom. The molecule has 2 aliphatic heterocycles. The van der Waals surface area contributed by atoms with Crippen molar-refractivity contribution in [1.82, 2.24) is 14.8 Å². The van der Waals surface area contributed by atoms with Crippen LogP contribution in [-0.2, 0) is 13.0 Å². The highest BCUT2D eigenvalue weighted by atomic mass is 32.1. The lowest BCUT2D eigenvalue weighted by atomic mass is 9.88. The number of hydrogen-bond donors (Lipinski definition) is 1. The zero-order chi connectivity index (χ0) is 22.9. The van der Waals surface area contributed by atoms with Gasteiger partial charge in [0, 0.05) is 48.9 Å². The van der Waals surface area contributed by atoms with Gasteiger partial charge in [0.2, 0.25) is 0 Å². The Hall–Kier alpha value is -2.20. The molecule has 1 aromatic rings. The van der Waals surface area contributed by atoms with Crippen LogP contribution in [0.2, 0.25) is 0 Å². The Morgan fingerprint density at radius 1 is 1.25 bits per heavy atom. The first-order chi connectivity index (χ1) is 15.1. The number of rotatable bonds is 6. The van der Waals surface area contributed by atoms with Crippen LogP contribution in [0.25, 0.3) is 0 Å². The number of ether oxygens (including phenoxy) is 1. The van der Waals surface area contributed by atoms with Crippen LogP contribution in [-0.4, -0.2) is 65.1 Å². The molecule has 0 atom stereocenters. The summed E-state index contributed by atoms with van der Waals surface area (Å²) in [4.78, 5) is 9.37. The standard InChI is InChI=1S/C22H26F4N4OS/c1-15-16(27)3-2-4-18(15)30-11-7-21(23,8-12-30)6-10-29-9-5-19-17(13-29)28-20(32-19)31-14-22(24,25)26/h2-4,27H,1,5-14H2. The van der Waals surface area contributed by atoms with Gasteiger partial charge in [0.1, 0.15) is 5.67 Å². The zero-order valence-corrected chi connectivity index (χ0v) is 18.5. The van der Waals surface area contributed by atoms with Crippen molar-refractivity contribution in [3.63, 3.8) is 0 Å². The van der Waals surface area contributed by atoms with Crippen LogP contribution >= 0.6 is 11.3 Å². The van der Waals surface area contributed by atoms with Crippen molar-refractivity contribution < 1.29 is 22.3 Å². The second kappa shape index (κ2) is 8.97. The molecule has 0 saturated carbocycles. The molecule has 0 amide bonds. The fourth-order valence-electron chi connectivity index (χ4n) is 4.25. The summed E-state index contributed by atoms with van der Waals surface area (Å²) in [7, 11) is 0. The quantitative estimate of drug-likeness (QED) is 0.615. The lowest BCUT2D eigenvalue weighted by Crippen LogP contribution is -2.44. The molecule has 0 spiro atoms. The van der Waals surface area contributed by atoms with Gasteiger partial charge in [0.05, 0.1) is 11.4 Å². The number of aromatic nitrogens is 1. The van der Waals surface area contributed by atoms with Crippen molar-refractivity contribution in [2.75, 3.05) is 32.8 Å². The van der Waals surface area contributed by atoms with Gasteiger partial charge in [-0.1, -0.05) is 24.0 Å². The highest BCUT2D eigenvalue weighted by Gasteiger charge is 2.36. The molecule has 10 heteroatoms. The summed E-state index contributed by atoms with van der Waals surface area (Å²) in [6, 6.07) is 0. The fraction of sp³-hybridized carbons (Fsp3) is 0.545. The summed E-state index contributed by atoms with van der Waals surface area (Å²) in [5.41, 5.74) is 1.44. The van der Waals surface area contributed by atoms with Crippen molar-refractivity contribution >= 4 is 17.0 Å². The van der Waals surface area contributed by atoms with E-state index in [1.54, 1.807) is 6.08 Å². The number of nitrogens with zero attached hydrogens (tertiary/aromatic N) is 3. The fourth-order valence-corrected chi connectivity index (χ4v) is 5.16. The van der Waals surface area contributed by atoms with Crippen LogP contribution in [0, 0.1) is 5.41 Å². The third kappa shape index (κ3) is 5.40. The van der Waals surface area contributed by atoms with E-state index in [1.165, 1.54) is 11.3 Å². The Kier molecular flexibility index (Phi) is 6.44. The van der Waals surface area contributed by atoms with Crippen LogP contribution in [0.4, 0.5) is 17.6 Å². The number of nitrogens with one attached hydrogen (secondary N) is 1. The average molecular weight is 471 g/mol. The lowest BCUT2D eigenvalue weighted by Gasteiger charge is -2.40. The van der Waals surface area contributed by atoms with Gasteiger partial charge in [0.25, 0.3) is 5.19 Å². The largest absolute Gasteiger partial charge is 0.460 e. The van der Waals surface area contributed by atoms with Gasteiger partial charge >= 0.3 is 6.18 Å². The van der Waals surface area contributed by atoms with Gasteiger partial charge in [-0.05, 0) is 37.8 Å². The predicted molar refractivity (Wildman–Crippen MR) is 116 cm³/mol. The first-order valence-corrected chi connectivity index (χ1v) is 11.4. The van der Waals surface area contributed by atoms with Gasteiger partial charge in [-0.25, -0.2) is 9.37 Å². The van der Waals surface area contributed by atoms with Crippen molar-refractivity contribution in [3.8, 4) is 5.19 Å². The Balaban J connectivity index is 1.26. The molecule has 1 aliphatic carbocycles. The monoisotopic (exact) mass is 470 g/mol. The Bertz CT molecular complexity index is 944. The van der Waals surface area contributed by atoms with Gasteiger partial charge in [-0.15, -0.1) is 0 Å². The lowest BCUT2D eigenvalue weighted by molar-refractivity contribution is -0.153. The van der Waals surface area contributed by atoms with Crippen molar-refractivity contribution in [2.45, 2.75) is 44.1 Å². The molecule has 174 valence electrons. The first-order valence-electron chi connectivity index (χ1n) is 10.6. The number of hydrogen-bond acceptors (Lipinski definition) is 6. The summed E-state index contributed by atoms with van der Waals surface area (Å²) in [5, 5.41) is 7.96. The van der Waals surface area contributed by atoms with Gasteiger partial charge in [-0.3, -0.25) is 4.90 Å². The molecule has 5 nitrogen and oxygen atoms in total. The Labute approximate surface area is 188 Å². The first kappa shape index (κ1) is 23.0. The molecular formula is C22H26F4N4OS. The van der Waals surface area contributed by atoms with E-state index >= 15 is 4.39 Å². The second-order valence-electron chi connectivity index (χ2n) is 8.47. The topological polar surface area (TPSA) is 52.5 Å². The van der Waals surface area contributed by atoms with E-state index in [0.717, 1.165) is 22.8 Å². The van der Waals surface area contributed by atoms with Gasteiger partial charge in [-0.2, -0.15) is 13.2 Å². The van der Waals surface area contributed by atoms with E-state index in [0.29, 0.717) is 63.1 Å². The molecule has 4 rings (SSSR count). The summed E-state index contributed by atoms with van der Waals surface area (Å²) < 4.78 is 57.3. The third-order valence-electron chi connectivity index (χ3n) is 6.17. The summed E-state index contributed by atoms with van der Waals surface area (Å²) in [5.74, 6) is 0. The molecule has 32 heavy (non-hydrogen) atoms. The average Bonchev–Trinajstić information content (AvgIpc) is 3.16. The maximum atomic E-state index is 15.5. The molecule has 0 aromatic carbocycles. The minimum absolute atomic E-state index is 0.0463. The van der Waals surface area contributed by atoms with Crippen LogP contribution in [0.3, 0.4) is 0 Å². The number of piperidine rings is 1. The van der Waals surface area contributed by atoms with E-state index in [9.17, 15) is 13.2 Å². The summed E-state index contributed by atoms with van der Waals surface area (Å²) in [6.45, 7) is 5.61. The highest BCUT2D eigenvalue weighted by molar-refractivity contribution is 7.13. The maximum Gasteiger partial charge on any atom is 0.422 e. The smallest absolute Gasteiger partial charge is 0.422 e. The van der Waals surface area contributed by atoms with Crippen molar-refractivity contribution in [2.24, 2.45) is 0 Å². The molecule has 1 aromatic heterocycles. The molecule has 0 bridgehead atoms. The number of thiazole rings is 1. The number of allylic oxidation sites excluding steroid dienone is 4. The normalized spacial score (nSPS) is 21.5. The second-order valence-corrected chi connectivity index (χ2v) is 9.52. The third-order valence-corrected chi connectivity index (χ3v) is 7.24. The van der Waals surface area contributed by atoms with Crippen molar-refractivity contribution in [3.05, 3.63) is 46.6 Å². The molecule has 0 unspecified atom stereocenters. The minimum atomic E-state index is -4.39. The number of fused-ring (bicyclic) bond motifs is 1. The van der Waals surface area contributed by atoms with Crippen molar-refractivity contribution in [1.29, 1.82) is 5.41 Å². The number of halogens is 4. The molecular weight excluding hydrogens is 444 g/mol. The van der Waals surface area contributed by atoms with Crippen LogP contribution in [0.1, 0.15) is 29.8 Å². The molecule has 1 fully saturated rings. The van der Waals surface area contributed by atoms with Crippen LogP contribution in [0.15, 0.2) is 36.1 Å². The molecule has 3 heterocycles. The molecule has 1 N–H and O–H groups in total. The number of likely N-dealkylation sites (tertiary alicyclic amines) is 1. The van der Waals surface area contributed by atoms with Gasteiger partial charge < -0.3 is 15.0 Å². The predicted octanol–water partition coefficient (Wildman–Crippen LogP) is 4.67. The maximum absolute atomic E-state index is 15.5. The van der Waals surface area contributed by atoms with Crippen LogP contribution < -0.4 is 4.74 Å². The van der Waals surface area contributed by atoms with E-state index in [2.05, 4.69) is 21.4 Å². The molecule has 0 radical (unpaired) electrons. The minimum Gasteiger partial charge on any atom is -0.460 e. The van der Waals surface area contributed by atoms with E-state index < -0.39 is 18.5 Å². The Morgan fingerprint density at radius 2 is 2.00 bits per heavy atom. The van der Waals surface area contributed by atoms with Crippen LogP contribution in [0.5, 0.6) is 5.19 Å². The zero-order valence-electron chi connectivity index (χ0n) is 17.7. The van der Waals surface area contributed by atoms with E-state index in [4.69, 9.17) is 10.1 Å². The van der Waals surface area contributed by atoms with E-state index in [1.807, 2.05) is 12.2 Å². The summed E-state index contributed by atoms with van der Waals surface area (Å²) in [6.07, 6.45) is 3.00.